The summed E-state index contributed by atoms with van der Waals surface area (Å²) in [7, 11) is 4.10. The Bertz CT molecular complexity index is 731. The van der Waals surface area contributed by atoms with Crippen LogP contribution < -0.4 is 4.90 Å². The van der Waals surface area contributed by atoms with Crippen LogP contribution in [0.4, 0.5) is 5.82 Å². The highest BCUT2D eigenvalue weighted by Crippen LogP contribution is 2.30. The molecule has 23 heavy (non-hydrogen) atoms. The minimum atomic E-state index is 0.155. The summed E-state index contributed by atoms with van der Waals surface area (Å²) in [5.74, 6) is 0.657. The van der Waals surface area contributed by atoms with Gasteiger partial charge in [-0.15, -0.1) is 10.2 Å². The maximum absolute atomic E-state index is 9.53. The van der Waals surface area contributed by atoms with Gasteiger partial charge >= 0.3 is 0 Å². The largest absolute Gasteiger partial charge is 0.350 e. The number of hydrogen-bond acceptors (Lipinski definition) is 7. The fourth-order valence-electron chi connectivity index (χ4n) is 3.06. The summed E-state index contributed by atoms with van der Waals surface area (Å²) in [4.78, 5) is 4.29. The lowest BCUT2D eigenvalue weighted by Crippen LogP contribution is -2.36. The summed E-state index contributed by atoms with van der Waals surface area (Å²) < 4.78 is 1.88. The third-order valence-corrected chi connectivity index (χ3v) is 4.55. The number of rotatable bonds is 3. The average Bonchev–Trinajstić information content (AvgIpc) is 3.17. The number of likely N-dealkylation sites (N-methyl/N-ethyl adjacent to an activating group) is 1. The second kappa shape index (κ2) is 5.93. The van der Waals surface area contributed by atoms with Crippen molar-refractivity contribution in [2.45, 2.75) is 25.9 Å². The molecule has 2 aromatic rings. The molecule has 0 spiro atoms. The van der Waals surface area contributed by atoms with Gasteiger partial charge < -0.3 is 9.80 Å². The molecular weight excluding hydrogens is 292 g/mol. The monoisotopic (exact) mass is 312 g/mol. The van der Waals surface area contributed by atoms with Gasteiger partial charge in [0.2, 0.25) is 0 Å². The SMILES string of the molecule is Cc1nnc(N2C[C@@H](N(C)C)[C@@H](n3ccnn3)C2)c(C#N)c1C. The first kappa shape index (κ1) is 15.4. The van der Waals surface area contributed by atoms with Gasteiger partial charge in [-0.3, -0.25) is 0 Å². The Morgan fingerprint density at radius 1 is 1.26 bits per heavy atom. The maximum Gasteiger partial charge on any atom is 0.169 e. The van der Waals surface area contributed by atoms with Gasteiger partial charge in [0.1, 0.15) is 11.6 Å². The highest BCUT2D eigenvalue weighted by atomic mass is 15.5. The molecule has 2 aromatic heterocycles. The summed E-state index contributed by atoms with van der Waals surface area (Å²) >= 11 is 0. The van der Waals surface area contributed by atoms with Gasteiger partial charge in [0.25, 0.3) is 0 Å². The Morgan fingerprint density at radius 3 is 2.65 bits per heavy atom. The molecular formula is C15H20N8. The van der Waals surface area contributed by atoms with Crippen molar-refractivity contribution < 1.29 is 0 Å². The molecule has 3 heterocycles. The molecule has 0 unspecified atom stereocenters. The van der Waals surface area contributed by atoms with E-state index in [1.165, 1.54) is 0 Å². The van der Waals surface area contributed by atoms with E-state index in [0.29, 0.717) is 11.4 Å². The van der Waals surface area contributed by atoms with Crippen LogP contribution in [-0.2, 0) is 0 Å². The van der Waals surface area contributed by atoms with Gasteiger partial charge in [-0.1, -0.05) is 5.21 Å². The molecule has 120 valence electrons. The first-order valence-electron chi connectivity index (χ1n) is 7.54. The van der Waals surface area contributed by atoms with E-state index >= 15 is 0 Å². The number of aromatic nitrogens is 5. The number of nitriles is 1. The summed E-state index contributed by atoms with van der Waals surface area (Å²) in [6.07, 6.45) is 3.56. The van der Waals surface area contributed by atoms with Crippen molar-refractivity contribution >= 4 is 5.82 Å². The van der Waals surface area contributed by atoms with Crippen LogP contribution in [0.2, 0.25) is 0 Å². The summed E-state index contributed by atoms with van der Waals surface area (Å²) in [5, 5.41) is 26.1. The molecule has 0 bridgehead atoms. The predicted molar refractivity (Wildman–Crippen MR) is 85.0 cm³/mol. The number of nitrogens with zero attached hydrogens (tertiary/aromatic N) is 8. The highest BCUT2D eigenvalue weighted by molar-refractivity contribution is 5.58. The molecule has 1 fully saturated rings. The van der Waals surface area contributed by atoms with Crippen LogP contribution in [-0.4, -0.2) is 63.3 Å². The molecule has 0 aliphatic carbocycles. The van der Waals surface area contributed by atoms with Gasteiger partial charge in [0, 0.05) is 19.3 Å². The van der Waals surface area contributed by atoms with Crippen molar-refractivity contribution in [3.63, 3.8) is 0 Å². The Balaban J connectivity index is 1.97. The fourth-order valence-corrected chi connectivity index (χ4v) is 3.06. The summed E-state index contributed by atoms with van der Waals surface area (Å²) in [6.45, 7) is 5.28. The smallest absolute Gasteiger partial charge is 0.169 e. The van der Waals surface area contributed by atoms with Crippen LogP contribution in [0.5, 0.6) is 0 Å². The Morgan fingerprint density at radius 2 is 2.04 bits per heavy atom. The van der Waals surface area contributed by atoms with Crippen LogP contribution in [0.15, 0.2) is 12.4 Å². The van der Waals surface area contributed by atoms with Crippen molar-refractivity contribution in [2.75, 3.05) is 32.1 Å². The zero-order valence-electron chi connectivity index (χ0n) is 13.8. The maximum atomic E-state index is 9.53. The zero-order chi connectivity index (χ0) is 16.6. The molecule has 8 nitrogen and oxygen atoms in total. The van der Waals surface area contributed by atoms with Crippen molar-refractivity contribution in [1.29, 1.82) is 5.26 Å². The second-order valence-electron chi connectivity index (χ2n) is 6.11. The molecule has 3 rings (SSSR count). The molecule has 2 atom stereocenters. The van der Waals surface area contributed by atoms with E-state index in [2.05, 4.69) is 50.5 Å². The molecule has 1 aliphatic rings. The fraction of sp³-hybridized carbons (Fsp3) is 0.533. The van der Waals surface area contributed by atoms with E-state index in [1.54, 1.807) is 6.20 Å². The average molecular weight is 312 g/mol. The van der Waals surface area contributed by atoms with Crippen molar-refractivity contribution in [2.24, 2.45) is 0 Å². The number of anilines is 1. The van der Waals surface area contributed by atoms with Crippen molar-refractivity contribution in [1.82, 2.24) is 30.1 Å². The normalized spacial score (nSPS) is 21.0. The van der Waals surface area contributed by atoms with Gasteiger partial charge in [0.15, 0.2) is 5.82 Å². The lowest BCUT2D eigenvalue weighted by molar-refractivity contribution is 0.243. The summed E-state index contributed by atoms with van der Waals surface area (Å²) in [5.41, 5.74) is 2.29. The van der Waals surface area contributed by atoms with Gasteiger partial charge in [-0.25, -0.2) is 4.68 Å². The third-order valence-electron chi connectivity index (χ3n) is 4.55. The highest BCUT2D eigenvalue weighted by Gasteiger charge is 2.37. The minimum absolute atomic E-state index is 0.155. The molecule has 0 N–H and O–H groups in total. The van der Waals surface area contributed by atoms with E-state index in [4.69, 9.17) is 0 Å². The van der Waals surface area contributed by atoms with Gasteiger partial charge in [-0.05, 0) is 33.5 Å². The standard InChI is InChI=1S/C15H20N8/c1-10-11(2)18-19-15(12(10)7-16)22-8-13(21(3)4)14(9-22)23-6-5-17-20-23/h5-6,13-14H,8-9H2,1-4H3/t13-,14+/m1/s1. The molecule has 0 saturated carbocycles. The van der Waals surface area contributed by atoms with Gasteiger partial charge in [-0.2, -0.15) is 10.4 Å². The van der Waals surface area contributed by atoms with E-state index < -0.39 is 0 Å². The van der Waals surface area contributed by atoms with Crippen molar-refractivity contribution in [3.05, 3.63) is 29.2 Å². The lowest BCUT2D eigenvalue weighted by Gasteiger charge is -2.24. The number of hydrogen-bond donors (Lipinski definition) is 0. The predicted octanol–water partition coefficient (Wildman–Crippen LogP) is 0.548. The van der Waals surface area contributed by atoms with E-state index in [-0.39, 0.29) is 12.1 Å². The molecule has 1 saturated heterocycles. The molecule has 0 amide bonds. The van der Waals surface area contributed by atoms with Crippen molar-refractivity contribution in [3.8, 4) is 6.07 Å². The van der Waals surface area contributed by atoms with Crippen LogP contribution in [0.1, 0.15) is 22.9 Å². The third kappa shape index (κ3) is 2.64. The molecule has 1 aliphatic heterocycles. The number of aryl methyl sites for hydroxylation is 1. The quantitative estimate of drug-likeness (QED) is 0.818. The first-order valence-corrected chi connectivity index (χ1v) is 7.54. The van der Waals surface area contributed by atoms with E-state index in [9.17, 15) is 5.26 Å². The molecule has 0 aromatic carbocycles. The van der Waals surface area contributed by atoms with Crippen LogP contribution in [0, 0.1) is 25.2 Å². The van der Waals surface area contributed by atoms with E-state index in [1.807, 2.05) is 24.7 Å². The summed E-state index contributed by atoms with van der Waals surface area (Å²) in [6, 6.07) is 2.69. The second-order valence-corrected chi connectivity index (χ2v) is 6.11. The minimum Gasteiger partial charge on any atom is -0.350 e. The lowest BCUT2D eigenvalue weighted by atomic mass is 10.1. The first-order chi connectivity index (χ1) is 11.0. The van der Waals surface area contributed by atoms with Crippen LogP contribution in [0.25, 0.3) is 0 Å². The Labute approximate surface area is 135 Å². The Kier molecular flexibility index (Phi) is 3.96. The molecule has 0 radical (unpaired) electrons. The zero-order valence-corrected chi connectivity index (χ0v) is 13.8. The Hall–Kier alpha value is -2.53. The van der Waals surface area contributed by atoms with Crippen LogP contribution in [0.3, 0.4) is 0 Å². The van der Waals surface area contributed by atoms with Crippen LogP contribution >= 0.6 is 0 Å². The molecule has 8 heteroatoms. The van der Waals surface area contributed by atoms with Gasteiger partial charge in [0.05, 0.1) is 24.0 Å². The topological polar surface area (TPSA) is 86.8 Å². The van der Waals surface area contributed by atoms with E-state index in [0.717, 1.165) is 24.3 Å².